The third kappa shape index (κ3) is 4.06. The summed E-state index contributed by atoms with van der Waals surface area (Å²) < 4.78 is 0. The van der Waals surface area contributed by atoms with Crippen LogP contribution in [0.2, 0.25) is 0 Å². The molecule has 1 aliphatic rings. The molecule has 0 radical (unpaired) electrons. The van der Waals surface area contributed by atoms with E-state index in [-0.39, 0.29) is 12.0 Å². The van der Waals surface area contributed by atoms with E-state index >= 15 is 0 Å². The van der Waals surface area contributed by atoms with Crippen LogP contribution in [-0.4, -0.2) is 24.3 Å². The van der Waals surface area contributed by atoms with Crippen molar-refractivity contribution in [2.24, 2.45) is 10.8 Å². The van der Waals surface area contributed by atoms with Crippen molar-refractivity contribution in [3.05, 3.63) is 0 Å². The molecule has 0 amide bonds. The summed E-state index contributed by atoms with van der Waals surface area (Å²) in [4.78, 5) is 0. The molecule has 0 heterocycles. The average molecular weight is 227 g/mol. The van der Waals surface area contributed by atoms with E-state index < -0.39 is 0 Å². The van der Waals surface area contributed by atoms with Gasteiger partial charge in [-0.05, 0) is 37.5 Å². The van der Waals surface area contributed by atoms with Crippen LogP contribution < -0.4 is 5.32 Å². The molecule has 0 spiro atoms. The third-order valence-electron chi connectivity index (χ3n) is 4.39. The minimum atomic E-state index is 0.0625. The first-order chi connectivity index (χ1) is 7.41. The number of rotatable bonds is 5. The quantitative estimate of drug-likeness (QED) is 0.757. The molecule has 1 atom stereocenters. The van der Waals surface area contributed by atoms with Crippen molar-refractivity contribution in [2.45, 2.75) is 65.8 Å². The van der Waals surface area contributed by atoms with Crippen LogP contribution in [0.25, 0.3) is 0 Å². The Bertz CT molecular complexity index is 199. The molecule has 2 N–H and O–H groups in total. The monoisotopic (exact) mass is 227 g/mol. The molecule has 1 fully saturated rings. The standard InChI is InChI=1S/C14H29NO/c1-5-14(4,11-16)10-15-12-6-8-13(2,3)9-7-12/h12,15-16H,5-11H2,1-4H3. The van der Waals surface area contributed by atoms with Gasteiger partial charge in [-0.3, -0.25) is 0 Å². The highest BCUT2D eigenvalue weighted by molar-refractivity contribution is 4.84. The maximum atomic E-state index is 9.36. The fraction of sp³-hybridized carbons (Fsp3) is 1.00. The minimum absolute atomic E-state index is 0.0625. The van der Waals surface area contributed by atoms with Crippen molar-refractivity contribution in [1.29, 1.82) is 0 Å². The summed E-state index contributed by atoms with van der Waals surface area (Å²) in [6.07, 6.45) is 6.27. The Hall–Kier alpha value is -0.0800. The second-order valence-corrected chi connectivity index (χ2v) is 6.64. The van der Waals surface area contributed by atoms with Gasteiger partial charge in [0.1, 0.15) is 0 Å². The fourth-order valence-corrected chi connectivity index (χ4v) is 2.29. The average Bonchev–Trinajstić information content (AvgIpc) is 2.27. The highest BCUT2D eigenvalue weighted by atomic mass is 16.3. The van der Waals surface area contributed by atoms with Gasteiger partial charge in [-0.2, -0.15) is 0 Å². The smallest absolute Gasteiger partial charge is 0.0496 e. The highest BCUT2D eigenvalue weighted by Crippen LogP contribution is 2.35. The molecule has 1 aliphatic carbocycles. The molecule has 0 aromatic carbocycles. The molecular weight excluding hydrogens is 198 g/mol. The van der Waals surface area contributed by atoms with E-state index in [9.17, 15) is 5.11 Å². The van der Waals surface area contributed by atoms with Crippen LogP contribution in [0.1, 0.15) is 59.8 Å². The lowest BCUT2D eigenvalue weighted by molar-refractivity contribution is 0.122. The van der Waals surface area contributed by atoms with Gasteiger partial charge in [-0.1, -0.05) is 27.7 Å². The molecule has 96 valence electrons. The highest BCUT2D eigenvalue weighted by Gasteiger charge is 2.28. The largest absolute Gasteiger partial charge is 0.396 e. The molecule has 0 aliphatic heterocycles. The molecule has 0 saturated heterocycles. The second-order valence-electron chi connectivity index (χ2n) is 6.64. The normalized spacial score (nSPS) is 25.3. The Morgan fingerprint density at radius 1 is 1.31 bits per heavy atom. The Kier molecular flexibility index (Phi) is 4.81. The molecule has 0 aromatic heterocycles. The van der Waals surface area contributed by atoms with Crippen LogP contribution in [-0.2, 0) is 0 Å². The van der Waals surface area contributed by atoms with Gasteiger partial charge in [0.05, 0.1) is 0 Å². The fourth-order valence-electron chi connectivity index (χ4n) is 2.29. The molecule has 2 nitrogen and oxygen atoms in total. The number of hydrogen-bond donors (Lipinski definition) is 2. The van der Waals surface area contributed by atoms with Crippen molar-refractivity contribution in [1.82, 2.24) is 5.32 Å². The van der Waals surface area contributed by atoms with Crippen LogP contribution in [0.5, 0.6) is 0 Å². The van der Waals surface area contributed by atoms with Crippen LogP contribution in [0.3, 0.4) is 0 Å². The first-order valence-corrected chi connectivity index (χ1v) is 6.75. The third-order valence-corrected chi connectivity index (χ3v) is 4.39. The summed E-state index contributed by atoms with van der Waals surface area (Å²) in [7, 11) is 0. The van der Waals surface area contributed by atoms with E-state index in [1.54, 1.807) is 0 Å². The first kappa shape index (κ1) is 14.0. The Morgan fingerprint density at radius 2 is 1.88 bits per heavy atom. The van der Waals surface area contributed by atoms with Gasteiger partial charge in [0, 0.05) is 24.6 Å². The van der Waals surface area contributed by atoms with Gasteiger partial charge in [-0.15, -0.1) is 0 Å². The van der Waals surface area contributed by atoms with Gasteiger partial charge in [-0.25, -0.2) is 0 Å². The molecular formula is C14H29NO. The number of aliphatic hydroxyl groups is 1. The van der Waals surface area contributed by atoms with Crippen molar-refractivity contribution in [3.8, 4) is 0 Å². The predicted octanol–water partition coefficient (Wildman–Crippen LogP) is 2.95. The van der Waals surface area contributed by atoms with Crippen LogP contribution in [0, 0.1) is 10.8 Å². The summed E-state index contributed by atoms with van der Waals surface area (Å²) >= 11 is 0. The van der Waals surface area contributed by atoms with E-state index in [4.69, 9.17) is 0 Å². The zero-order valence-electron chi connectivity index (χ0n) is 11.5. The van der Waals surface area contributed by atoms with Gasteiger partial charge in [0.15, 0.2) is 0 Å². The van der Waals surface area contributed by atoms with Gasteiger partial charge >= 0.3 is 0 Å². The number of aliphatic hydroxyl groups excluding tert-OH is 1. The topological polar surface area (TPSA) is 32.3 Å². The van der Waals surface area contributed by atoms with E-state index in [1.807, 2.05) is 0 Å². The van der Waals surface area contributed by atoms with E-state index in [0.717, 1.165) is 13.0 Å². The van der Waals surface area contributed by atoms with Crippen molar-refractivity contribution in [2.75, 3.05) is 13.2 Å². The number of hydrogen-bond acceptors (Lipinski definition) is 2. The van der Waals surface area contributed by atoms with Crippen LogP contribution in [0.15, 0.2) is 0 Å². The number of nitrogens with one attached hydrogen (secondary N) is 1. The SMILES string of the molecule is CCC(C)(CO)CNC1CCC(C)(C)CC1. The van der Waals surface area contributed by atoms with Gasteiger partial charge in [0.25, 0.3) is 0 Å². The molecule has 1 rings (SSSR count). The summed E-state index contributed by atoms with van der Waals surface area (Å²) in [6.45, 7) is 10.3. The molecule has 0 bridgehead atoms. The Balaban J connectivity index is 2.29. The summed E-state index contributed by atoms with van der Waals surface area (Å²) in [5, 5.41) is 13.0. The molecule has 1 unspecified atom stereocenters. The lowest BCUT2D eigenvalue weighted by Gasteiger charge is -2.36. The lowest BCUT2D eigenvalue weighted by atomic mass is 9.75. The van der Waals surface area contributed by atoms with Gasteiger partial charge < -0.3 is 10.4 Å². The predicted molar refractivity (Wildman–Crippen MR) is 69.5 cm³/mol. The van der Waals surface area contributed by atoms with Crippen LogP contribution >= 0.6 is 0 Å². The molecule has 0 aromatic rings. The zero-order valence-corrected chi connectivity index (χ0v) is 11.5. The lowest BCUT2D eigenvalue weighted by Crippen LogP contribution is -2.42. The maximum absolute atomic E-state index is 9.36. The Morgan fingerprint density at radius 3 is 2.31 bits per heavy atom. The van der Waals surface area contributed by atoms with Crippen LogP contribution in [0.4, 0.5) is 0 Å². The van der Waals surface area contributed by atoms with Crippen molar-refractivity contribution in [3.63, 3.8) is 0 Å². The zero-order chi connectivity index (χ0) is 12.2. The van der Waals surface area contributed by atoms with Crippen molar-refractivity contribution >= 4 is 0 Å². The molecule has 16 heavy (non-hydrogen) atoms. The maximum Gasteiger partial charge on any atom is 0.0496 e. The molecule has 1 saturated carbocycles. The minimum Gasteiger partial charge on any atom is -0.396 e. The summed E-state index contributed by atoms with van der Waals surface area (Å²) in [6, 6.07) is 0.672. The van der Waals surface area contributed by atoms with E-state index in [2.05, 4.69) is 33.0 Å². The van der Waals surface area contributed by atoms with Crippen molar-refractivity contribution < 1.29 is 5.11 Å². The molecule has 2 heteroatoms. The van der Waals surface area contributed by atoms with E-state index in [1.165, 1.54) is 25.7 Å². The van der Waals surface area contributed by atoms with Gasteiger partial charge in [0.2, 0.25) is 0 Å². The summed E-state index contributed by atoms with van der Waals surface area (Å²) in [5.74, 6) is 0. The van der Waals surface area contributed by atoms with E-state index in [0.29, 0.717) is 11.5 Å². The second kappa shape index (κ2) is 5.50. The summed E-state index contributed by atoms with van der Waals surface area (Å²) in [5.41, 5.74) is 0.607. The first-order valence-electron chi connectivity index (χ1n) is 6.75. The Labute approximate surface area is 101 Å².